The fraction of sp³-hybridized carbons (Fsp3) is 0.462. The number of benzene rings is 1. The number of aromatic hydroxyl groups is 1. The molecule has 0 spiro atoms. The molecule has 1 aromatic carbocycles. The van der Waals surface area contributed by atoms with Gasteiger partial charge in [0.2, 0.25) is 0 Å². The Hall–Kier alpha value is -1.75. The monoisotopic (exact) mass is 250 g/mol. The topological polar surface area (TPSA) is 75.8 Å². The standard InChI is InChI=1S/C13H18N2O3/c1-18-12-5-4-9(7-11(12)16)13(17)15-6-2-3-10(14)8-15/h4-5,7,10,16H,2-3,6,8,14H2,1H3. The second kappa shape index (κ2) is 5.27. The number of nitrogens with two attached hydrogens (primary N) is 1. The Morgan fingerprint density at radius 2 is 2.33 bits per heavy atom. The van der Waals surface area contributed by atoms with E-state index in [4.69, 9.17) is 10.5 Å². The smallest absolute Gasteiger partial charge is 0.254 e. The first-order chi connectivity index (χ1) is 8.61. The summed E-state index contributed by atoms with van der Waals surface area (Å²) in [4.78, 5) is 13.9. The van der Waals surface area contributed by atoms with Crippen molar-refractivity contribution in [1.82, 2.24) is 4.90 Å². The van der Waals surface area contributed by atoms with Crippen molar-refractivity contribution in [1.29, 1.82) is 0 Å². The van der Waals surface area contributed by atoms with E-state index in [1.54, 1.807) is 17.0 Å². The quantitative estimate of drug-likeness (QED) is 0.820. The summed E-state index contributed by atoms with van der Waals surface area (Å²) in [5.41, 5.74) is 6.31. The lowest BCUT2D eigenvalue weighted by Crippen LogP contribution is -2.45. The summed E-state index contributed by atoms with van der Waals surface area (Å²) in [6.45, 7) is 1.30. The van der Waals surface area contributed by atoms with Gasteiger partial charge in [0, 0.05) is 24.7 Å². The predicted molar refractivity (Wildman–Crippen MR) is 67.8 cm³/mol. The summed E-state index contributed by atoms with van der Waals surface area (Å²) in [5, 5.41) is 9.67. The number of hydrogen-bond acceptors (Lipinski definition) is 4. The van der Waals surface area contributed by atoms with Gasteiger partial charge in [-0.1, -0.05) is 0 Å². The van der Waals surface area contributed by atoms with Gasteiger partial charge in [0.15, 0.2) is 11.5 Å². The third-order valence-corrected chi connectivity index (χ3v) is 3.17. The van der Waals surface area contributed by atoms with E-state index in [0.717, 1.165) is 19.4 Å². The molecule has 0 saturated carbocycles. The summed E-state index contributed by atoms with van der Waals surface area (Å²) in [5.74, 6) is 0.245. The molecule has 1 aliphatic heterocycles. The van der Waals surface area contributed by atoms with Crippen molar-refractivity contribution >= 4 is 5.91 Å². The van der Waals surface area contributed by atoms with Crippen LogP contribution >= 0.6 is 0 Å². The number of phenolic OH excluding ortho intramolecular Hbond substituents is 1. The van der Waals surface area contributed by atoms with Gasteiger partial charge in [0.1, 0.15) is 0 Å². The van der Waals surface area contributed by atoms with Crippen molar-refractivity contribution in [3.63, 3.8) is 0 Å². The Labute approximate surface area is 106 Å². The van der Waals surface area contributed by atoms with Gasteiger partial charge in [-0.25, -0.2) is 0 Å². The van der Waals surface area contributed by atoms with Gasteiger partial charge < -0.3 is 20.5 Å². The minimum Gasteiger partial charge on any atom is -0.504 e. The maximum Gasteiger partial charge on any atom is 0.254 e. The minimum absolute atomic E-state index is 0.0235. The van der Waals surface area contributed by atoms with Gasteiger partial charge >= 0.3 is 0 Å². The highest BCUT2D eigenvalue weighted by molar-refractivity contribution is 5.95. The predicted octanol–water partition coefficient (Wildman–Crippen LogP) is 0.964. The van der Waals surface area contributed by atoms with Crippen molar-refractivity contribution in [3.05, 3.63) is 23.8 Å². The molecule has 3 N–H and O–H groups in total. The molecule has 1 unspecified atom stereocenters. The van der Waals surface area contributed by atoms with Gasteiger partial charge in [-0.15, -0.1) is 0 Å². The maximum absolute atomic E-state index is 12.2. The zero-order valence-corrected chi connectivity index (χ0v) is 10.4. The van der Waals surface area contributed by atoms with Crippen LogP contribution < -0.4 is 10.5 Å². The highest BCUT2D eigenvalue weighted by Gasteiger charge is 2.22. The van der Waals surface area contributed by atoms with Crippen molar-refractivity contribution in [2.45, 2.75) is 18.9 Å². The molecule has 0 aliphatic carbocycles. The van der Waals surface area contributed by atoms with E-state index >= 15 is 0 Å². The first-order valence-electron chi connectivity index (χ1n) is 6.03. The van der Waals surface area contributed by atoms with Crippen LogP contribution in [-0.2, 0) is 0 Å². The number of nitrogens with zero attached hydrogens (tertiary/aromatic N) is 1. The van der Waals surface area contributed by atoms with Crippen LogP contribution in [-0.4, -0.2) is 42.2 Å². The van der Waals surface area contributed by atoms with Gasteiger partial charge in [-0.2, -0.15) is 0 Å². The molecule has 1 aliphatic rings. The molecule has 5 heteroatoms. The molecule has 1 aromatic rings. The van der Waals surface area contributed by atoms with E-state index in [1.807, 2.05) is 0 Å². The average Bonchev–Trinajstić information content (AvgIpc) is 2.37. The molecule has 1 saturated heterocycles. The first-order valence-corrected chi connectivity index (χ1v) is 6.03. The number of ether oxygens (including phenoxy) is 1. The molecular weight excluding hydrogens is 232 g/mol. The number of carbonyl (C=O) groups is 1. The fourth-order valence-electron chi connectivity index (χ4n) is 2.20. The van der Waals surface area contributed by atoms with Crippen LogP contribution in [0.15, 0.2) is 18.2 Å². The summed E-state index contributed by atoms with van der Waals surface area (Å²) < 4.78 is 4.95. The lowest BCUT2D eigenvalue weighted by atomic mass is 10.1. The summed E-state index contributed by atoms with van der Waals surface area (Å²) in [6, 6.07) is 4.73. The van der Waals surface area contributed by atoms with Crippen LogP contribution in [0.3, 0.4) is 0 Å². The Balaban J connectivity index is 2.15. The van der Waals surface area contributed by atoms with Crippen molar-refractivity contribution < 1.29 is 14.6 Å². The Morgan fingerprint density at radius 3 is 2.94 bits per heavy atom. The van der Waals surface area contributed by atoms with Gasteiger partial charge in [0.25, 0.3) is 5.91 Å². The maximum atomic E-state index is 12.2. The van der Waals surface area contributed by atoms with Crippen molar-refractivity contribution in [2.75, 3.05) is 20.2 Å². The molecular formula is C13H18N2O3. The Kier molecular flexibility index (Phi) is 3.72. The summed E-state index contributed by atoms with van der Waals surface area (Å²) >= 11 is 0. The molecule has 0 bridgehead atoms. The second-order valence-corrected chi connectivity index (χ2v) is 4.54. The van der Waals surface area contributed by atoms with Crippen LogP contribution in [0.2, 0.25) is 0 Å². The molecule has 1 atom stereocenters. The molecule has 2 rings (SSSR count). The number of likely N-dealkylation sites (tertiary alicyclic amines) is 1. The van der Waals surface area contributed by atoms with Crippen LogP contribution in [0.1, 0.15) is 23.2 Å². The largest absolute Gasteiger partial charge is 0.504 e. The van der Waals surface area contributed by atoms with E-state index in [1.165, 1.54) is 13.2 Å². The zero-order chi connectivity index (χ0) is 13.1. The fourth-order valence-corrected chi connectivity index (χ4v) is 2.20. The van der Waals surface area contributed by atoms with Crippen molar-refractivity contribution in [2.24, 2.45) is 5.73 Å². The average molecular weight is 250 g/mol. The lowest BCUT2D eigenvalue weighted by molar-refractivity contribution is 0.0708. The SMILES string of the molecule is COc1ccc(C(=O)N2CCCC(N)C2)cc1O. The molecule has 1 fully saturated rings. The van der Waals surface area contributed by atoms with Crippen LogP contribution in [0, 0.1) is 0 Å². The van der Waals surface area contributed by atoms with Crippen LogP contribution in [0.5, 0.6) is 11.5 Å². The third-order valence-electron chi connectivity index (χ3n) is 3.17. The Morgan fingerprint density at radius 1 is 1.56 bits per heavy atom. The zero-order valence-electron chi connectivity index (χ0n) is 10.4. The molecule has 0 radical (unpaired) electrons. The number of rotatable bonds is 2. The molecule has 98 valence electrons. The highest BCUT2D eigenvalue weighted by atomic mass is 16.5. The molecule has 1 heterocycles. The highest BCUT2D eigenvalue weighted by Crippen LogP contribution is 2.27. The van der Waals surface area contributed by atoms with Crippen molar-refractivity contribution in [3.8, 4) is 11.5 Å². The van der Waals surface area contributed by atoms with Gasteiger partial charge in [0.05, 0.1) is 7.11 Å². The number of carbonyl (C=O) groups excluding carboxylic acids is 1. The number of methoxy groups -OCH3 is 1. The van der Waals surface area contributed by atoms with Crippen LogP contribution in [0.4, 0.5) is 0 Å². The van der Waals surface area contributed by atoms with E-state index in [0.29, 0.717) is 17.9 Å². The molecule has 18 heavy (non-hydrogen) atoms. The van der Waals surface area contributed by atoms with E-state index in [9.17, 15) is 9.90 Å². The van der Waals surface area contributed by atoms with Crippen LogP contribution in [0.25, 0.3) is 0 Å². The number of amides is 1. The van der Waals surface area contributed by atoms with Gasteiger partial charge in [-0.05, 0) is 31.0 Å². The van der Waals surface area contributed by atoms with E-state index < -0.39 is 0 Å². The number of hydrogen-bond donors (Lipinski definition) is 2. The third kappa shape index (κ3) is 2.56. The first kappa shape index (κ1) is 12.7. The number of piperidine rings is 1. The normalized spacial score (nSPS) is 19.7. The number of phenols is 1. The van der Waals surface area contributed by atoms with E-state index in [2.05, 4.69) is 0 Å². The molecule has 0 aromatic heterocycles. The minimum atomic E-state index is -0.0943. The lowest BCUT2D eigenvalue weighted by Gasteiger charge is -2.30. The molecule has 5 nitrogen and oxygen atoms in total. The second-order valence-electron chi connectivity index (χ2n) is 4.54. The van der Waals surface area contributed by atoms with E-state index in [-0.39, 0.29) is 17.7 Å². The van der Waals surface area contributed by atoms with Gasteiger partial charge in [-0.3, -0.25) is 4.79 Å². The summed E-state index contributed by atoms with van der Waals surface area (Å²) in [7, 11) is 1.47. The Bertz CT molecular complexity index is 448. The summed E-state index contributed by atoms with van der Waals surface area (Å²) in [6.07, 6.45) is 1.88. The molecule has 1 amide bonds.